The summed E-state index contributed by atoms with van der Waals surface area (Å²) < 4.78 is 26.5. The number of benzene rings is 1. The molecule has 0 saturated heterocycles. The predicted octanol–water partition coefficient (Wildman–Crippen LogP) is 1.40. The normalized spacial score (nSPS) is 15.9. The molecule has 3 N–H and O–H groups in total. The van der Waals surface area contributed by atoms with E-state index in [2.05, 4.69) is 10.0 Å². The lowest BCUT2D eigenvalue weighted by molar-refractivity contribution is -0.141. The fraction of sp³-hybridized carbons (Fsp3) is 0.462. The molecular weight excluding hydrogens is 280 g/mol. The number of carbonyl (C=O) groups is 1. The van der Waals surface area contributed by atoms with Gasteiger partial charge in [-0.1, -0.05) is 0 Å². The minimum absolute atomic E-state index is 0.0590. The van der Waals surface area contributed by atoms with Crippen molar-refractivity contribution in [2.75, 3.05) is 5.32 Å². The van der Waals surface area contributed by atoms with Crippen molar-refractivity contribution in [1.29, 1.82) is 0 Å². The van der Waals surface area contributed by atoms with E-state index < -0.39 is 21.5 Å². The fourth-order valence-corrected chi connectivity index (χ4v) is 2.93. The molecule has 0 unspecified atom stereocenters. The molecule has 1 aliphatic carbocycles. The van der Waals surface area contributed by atoms with Crippen LogP contribution in [-0.2, 0) is 14.8 Å². The molecule has 6 nitrogen and oxygen atoms in total. The van der Waals surface area contributed by atoms with Crippen LogP contribution >= 0.6 is 0 Å². The number of anilines is 1. The van der Waals surface area contributed by atoms with E-state index in [4.69, 9.17) is 5.11 Å². The Balaban J connectivity index is 2.12. The van der Waals surface area contributed by atoms with Crippen molar-refractivity contribution in [2.24, 2.45) is 0 Å². The predicted molar refractivity (Wildman–Crippen MR) is 75.1 cm³/mol. The van der Waals surface area contributed by atoms with E-state index >= 15 is 0 Å². The molecule has 20 heavy (non-hydrogen) atoms. The first-order chi connectivity index (χ1) is 9.21. The summed E-state index contributed by atoms with van der Waals surface area (Å²) in [5.41, 5.74) is -0.560. The maximum atomic E-state index is 12.0. The molecule has 0 aromatic heterocycles. The molecule has 0 radical (unpaired) electrons. The van der Waals surface area contributed by atoms with Gasteiger partial charge in [0.05, 0.1) is 4.90 Å². The third-order valence-electron chi connectivity index (χ3n) is 3.06. The molecule has 2 rings (SSSR count). The molecule has 1 fully saturated rings. The van der Waals surface area contributed by atoms with Gasteiger partial charge in [-0.05, 0) is 51.0 Å². The highest BCUT2D eigenvalue weighted by Crippen LogP contribution is 2.23. The highest BCUT2D eigenvalue weighted by atomic mass is 32.2. The molecular formula is C13H18N2O4S. The van der Waals surface area contributed by atoms with E-state index in [-0.39, 0.29) is 10.9 Å². The number of hydrogen-bond acceptors (Lipinski definition) is 4. The molecule has 7 heteroatoms. The second kappa shape index (κ2) is 5.06. The summed E-state index contributed by atoms with van der Waals surface area (Å²) in [4.78, 5) is 11.2. The maximum Gasteiger partial charge on any atom is 0.328 e. The van der Waals surface area contributed by atoms with Crippen LogP contribution in [-0.4, -0.2) is 31.1 Å². The Labute approximate surface area is 118 Å². The average Bonchev–Trinajstić information content (AvgIpc) is 3.12. The van der Waals surface area contributed by atoms with Gasteiger partial charge < -0.3 is 10.4 Å². The zero-order chi connectivity index (χ0) is 15.0. The Morgan fingerprint density at radius 3 is 2.25 bits per heavy atom. The molecule has 110 valence electrons. The number of aliphatic carboxylic acids is 1. The van der Waals surface area contributed by atoms with E-state index in [0.29, 0.717) is 5.69 Å². The summed E-state index contributed by atoms with van der Waals surface area (Å²) >= 11 is 0. The van der Waals surface area contributed by atoms with E-state index in [9.17, 15) is 13.2 Å². The first-order valence-corrected chi connectivity index (χ1v) is 7.83. The summed E-state index contributed by atoms with van der Waals surface area (Å²) in [5.74, 6) is -0.982. The Hall–Kier alpha value is -1.60. The molecule has 0 heterocycles. The lowest BCUT2D eigenvalue weighted by Crippen LogP contribution is -2.39. The summed E-state index contributed by atoms with van der Waals surface area (Å²) in [7, 11) is -3.47. The number of nitrogens with one attached hydrogen (secondary N) is 2. The number of carboxylic acids is 1. The summed E-state index contributed by atoms with van der Waals surface area (Å²) in [6, 6.07) is 6.11. The van der Waals surface area contributed by atoms with Gasteiger partial charge in [0.25, 0.3) is 0 Å². The first-order valence-electron chi connectivity index (χ1n) is 6.35. The van der Waals surface area contributed by atoms with E-state index in [0.717, 1.165) is 12.8 Å². The summed E-state index contributed by atoms with van der Waals surface area (Å²) in [6.45, 7) is 3.07. The van der Waals surface area contributed by atoms with Gasteiger partial charge in [-0.15, -0.1) is 0 Å². The third kappa shape index (κ3) is 3.49. The minimum atomic E-state index is -3.47. The van der Waals surface area contributed by atoms with Crippen molar-refractivity contribution in [3.8, 4) is 0 Å². The van der Waals surface area contributed by atoms with Gasteiger partial charge in [-0.25, -0.2) is 17.9 Å². The van der Waals surface area contributed by atoms with Crippen molar-refractivity contribution in [3.05, 3.63) is 24.3 Å². The van der Waals surface area contributed by atoms with Gasteiger partial charge in [-0.2, -0.15) is 0 Å². The van der Waals surface area contributed by atoms with Crippen LogP contribution in [0.15, 0.2) is 29.2 Å². The number of hydrogen-bond donors (Lipinski definition) is 3. The standard InChI is InChI=1S/C13H18N2O4S/c1-13(2,12(16)17)14-9-5-7-11(8-6-9)20(18,19)15-10-3-4-10/h5-8,10,14-15H,3-4H2,1-2H3,(H,16,17). The zero-order valence-corrected chi connectivity index (χ0v) is 12.2. The van der Waals surface area contributed by atoms with Crippen LogP contribution in [0, 0.1) is 0 Å². The largest absolute Gasteiger partial charge is 0.480 e. The highest BCUT2D eigenvalue weighted by molar-refractivity contribution is 7.89. The third-order valence-corrected chi connectivity index (χ3v) is 4.59. The Morgan fingerprint density at radius 2 is 1.80 bits per heavy atom. The summed E-state index contributed by atoms with van der Waals surface area (Å²) in [5, 5.41) is 11.9. The topological polar surface area (TPSA) is 95.5 Å². The molecule has 1 aromatic carbocycles. The number of carboxylic acid groups (broad SMARTS) is 1. The Kier molecular flexibility index (Phi) is 3.75. The average molecular weight is 298 g/mol. The van der Waals surface area contributed by atoms with Crippen molar-refractivity contribution < 1.29 is 18.3 Å². The van der Waals surface area contributed by atoms with Crippen LogP contribution in [0.25, 0.3) is 0 Å². The van der Waals surface area contributed by atoms with E-state index in [1.54, 1.807) is 12.1 Å². The lowest BCUT2D eigenvalue weighted by Gasteiger charge is -2.22. The minimum Gasteiger partial charge on any atom is -0.480 e. The number of sulfonamides is 1. The number of rotatable bonds is 6. The van der Waals surface area contributed by atoms with E-state index in [1.165, 1.54) is 26.0 Å². The van der Waals surface area contributed by atoms with Crippen LogP contribution in [0.2, 0.25) is 0 Å². The molecule has 0 amide bonds. The van der Waals surface area contributed by atoms with Gasteiger partial charge in [0.2, 0.25) is 10.0 Å². The highest BCUT2D eigenvalue weighted by Gasteiger charge is 2.29. The zero-order valence-electron chi connectivity index (χ0n) is 11.4. The molecule has 1 aliphatic rings. The molecule has 0 aliphatic heterocycles. The van der Waals surface area contributed by atoms with Crippen molar-refractivity contribution in [2.45, 2.75) is 43.2 Å². The van der Waals surface area contributed by atoms with Crippen LogP contribution in [0.4, 0.5) is 5.69 Å². The Bertz CT molecular complexity index is 604. The van der Waals surface area contributed by atoms with Gasteiger partial charge >= 0.3 is 5.97 Å². The van der Waals surface area contributed by atoms with E-state index in [1.807, 2.05) is 0 Å². The lowest BCUT2D eigenvalue weighted by atomic mass is 10.1. The maximum absolute atomic E-state index is 12.0. The molecule has 0 bridgehead atoms. The van der Waals surface area contributed by atoms with Gasteiger partial charge in [0.1, 0.15) is 5.54 Å². The van der Waals surface area contributed by atoms with Gasteiger partial charge in [0.15, 0.2) is 0 Å². The molecule has 0 spiro atoms. The van der Waals surface area contributed by atoms with Crippen molar-refractivity contribution in [1.82, 2.24) is 4.72 Å². The van der Waals surface area contributed by atoms with Crippen molar-refractivity contribution in [3.63, 3.8) is 0 Å². The van der Waals surface area contributed by atoms with Gasteiger partial charge in [0, 0.05) is 11.7 Å². The van der Waals surface area contributed by atoms with Crippen LogP contribution in [0.5, 0.6) is 0 Å². The smallest absolute Gasteiger partial charge is 0.328 e. The van der Waals surface area contributed by atoms with Crippen molar-refractivity contribution >= 4 is 21.7 Å². The first kappa shape index (κ1) is 14.8. The molecule has 1 saturated carbocycles. The Morgan fingerprint density at radius 1 is 1.25 bits per heavy atom. The van der Waals surface area contributed by atoms with Crippen LogP contribution in [0.1, 0.15) is 26.7 Å². The second-order valence-corrected chi connectivity index (χ2v) is 7.19. The van der Waals surface area contributed by atoms with Crippen LogP contribution in [0.3, 0.4) is 0 Å². The fourth-order valence-electron chi connectivity index (χ4n) is 1.62. The van der Waals surface area contributed by atoms with Gasteiger partial charge in [-0.3, -0.25) is 0 Å². The monoisotopic (exact) mass is 298 g/mol. The second-order valence-electron chi connectivity index (χ2n) is 5.48. The molecule has 0 atom stereocenters. The quantitative estimate of drug-likeness (QED) is 0.738. The molecule has 1 aromatic rings. The SMILES string of the molecule is CC(C)(Nc1ccc(S(=O)(=O)NC2CC2)cc1)C(=O)O. The van der Waals surface area contributed by atoms with Crippen LogP contribution < -0.4 is 10.0 Å². The summed E-state index contributed by atoms with van der Waals surface area (Å²) in [6.07, 6.45) is 1.76.